The fourth-order valence-corrected chi connectivity index (χ4v) is 7.39. The van der Waals surface area contributed by atoms with Gasteiger partial charge in [-0.05, 0) is 76.2 Å². The maximum absolute atomic E-state index is 6.59. The Morgan fingerprint density at radius 2 is 1.50 bits per heavy atom. The molecule has 8 aromatic rings. The van der Waals surface area contributed by atoms with Crippen LogP contribution in [0.2, 0.25) is 0 Å². The molecule has 0 saturated heterocycles. The molecule has 5 heteroatoms. The lowest BCUT2D eigenvalue weighted by Crippen LogP contribution is -2.28. The summed E-state index contributed by atoms with van der Waals surface area (Å²) in [4.78, 5) is 4.95. The third kappa shape index (κ3) is 4.31. The number of pyridine rings is 1. The van der Waals surface area contributed by atoms with Crippen molar-refractivity contribution in [3.05, 3.63) is 144 Å². The Morgan fingerprint density at radius 1 is 0.667 bits per heavy atom. The average Bonchev–Trinajstić information content (AvgIpc) is 3.66. The lowest BCUT2D eigenvalue weighted by molar-refractivity contribution is 0.483. The minimum Gasteiger partial charge on any atom is -0.457 e. The van der Waals surface area contributed by atoms with Crippen molar-refractivity contribution in [2.24, 2.45) is 0 Å². The molecule has 0 saturated carbocycles. The predicted octanol–water partition coefficient (Wildman–Crippen LogP) is 10.9. The number of rotatable bonds is 4. The van der Waals surface area contributed by atoms with Gasteiger partial charge in [-0.2, -0.15) is 5.10 Å². The van der Waals surface area contributed by atoms with Gasteiger partial charge in [-0.15, -0.1) is 0 Å². The van der Waals surface area contributed by atoms with E-state index in [1.807, 2.05) is 41.3 Å². The van der Waals surface area contributed by atoms with Crippen LogP contribution < -0.4 is 4.74 Å². The molecule has 0 unspecified atom stereocenters. The first-order chi connectivity index (χ1) is 23.2. The van der Waals surface area contributed by atoms with Crippen molar-refractivity contribution < 1.29 is 4.74 Å². The second kappa shape index (κ2) is 10.2. The summed E-state index contributed by atoms with van der Waals surface area (Å²) in [6.07, 6.45) is 3.83. The van der Waals surface area contributed by atoms with Crippen LogP contribution in [-0.2, 0) is 10.8 Å². The summed E-state index contributed by atoms with van der Waals surface area (Å²) >= 11 is 0. The summed E-state index contributed by atoms with van der Waals surface area (Å²) in [6, 6.07) is 40.6. The summed E-state index contributed by atoms with van der Waals surface area (Å²) in [7, 11) is 0. The monoisotopic (exact) mass is 624 g/mol. The third-order valence-electron chi connectivity index (χ3n) is 10.0. The molecule has 0 amide bonds. The Balaban J connectivity index is 1.14. The molecule has 5 nitrogen and oxygen atoms in total. The van der Waals surface area contributed by atoms with Crippen molar-refractivity contribution in [2.75, 3.05) is 0 Å². The van der Waals surface area contributed by atoms with E-state index in [2.05, 4.69) is 130 Å². The van der Waals surface area contributed by atoms with Gasteiger partial charge in [0.1, 0.15) is 17.3 Å². The second-order valence-corrected chi connectivity index (χ2v) is 14.5. The first-order valence-electron chi connectivity index (χ1n) is 16.6. The van der Waals surface area contributed by atoms with E-state index in [1.165, 1.54) is 44.1 Å². The van der Waals surface area contributed by atoms with Crippen molar-refractivity contribution in [3.63, 3.8) is 0 Å². The zero-order chi connectivity index (χ0) is 32.8. The van der Waals surface area contributed by atoms with Crippen molar-refractivity contribution in [1.29, 1.82) is 0 Å². The van der Waals surface area contributed by atoms with Gasteiger partial charge in [0.2, 0.25) is 0 Å². The number of nitrogens with zero attached hydrogens (tertiary/aromatic N) is 4. The molecule has 0 bridgehead atoms. The molecule has 0 atom stereocenters. The quantitative estimate of drug-likeness (QED) is 0.196. The maximum atomic E-state index is 6.59. The van der Waals surface area contributed by atoms with Crippen LogP contribution in [0.5, 0.6) is 11.5 Å². The number of hydrogen-bond donors (Lipinski definition) is 0. The summed E-state index contributed by atoms with van der Waals surface area (Å²) < 4.78 is 10.9. The minimum atomic E-state index is -0.187. The standard InChI is InChI=1S/C43H36N4O/c1-42(2,3)30-22-35-34-18-17-33(25-39(34)46-40(35)37(23-30)43(4,5)36-15-10-20-44-41(36)46)48-32-14-9-13-31(24-32)47-38-19-16-28(21-29(38)26-45-47)27-11-7-6-8-12-27/h6-26H,1-5H3. The van der Waals surface area contributed by atoms with Crippen LogP contribution in [0.25, 0.3) is 55.3 Å². The zero-order valence-corrected chi connectivity index (χ0v) is 27.8. The fraction of sp³-hybridized carbons (Fsp3) is 0.163. The van der Waals surface area contributed by atoms with Gasteiger partial charge in [0.05, 0.1) is 28.4 Å². The number of benzene rings is 5. The van der Waals surface area contributed by atoms with E-state index in [0.29, 0.717) is 0 Å². The van der Waals surface area contributed by atoms with Gasteiger partial charge in [-0.1, -0.05) is 89.2 Å². The maximum Gasteiger partial charge on any atom is 0.141 e. The van der Waals surface area contributed by atoms with Crippen molar-refractivity contribution in [1.82, 2.24) is 19.3 Å². The number of aromatic nitrogens is 4. The zero-order valence-electron chi connectivity index (χ0n) is 27.8. The Labute approximate surface area is 280 Å². The lowest BCUT2D eigenvalue weighted by atomic mass is 9.73. The van der Waals surface area contributed by atoms with Gasteiger partial charge in [0, 0.05) is 45.5 Å². The van der Waals surface area contributed by atoms with Gasteiger partial charge >= 0.3 is 0 Å². The first kappa shape index (κ1) is 28.5. The molecule has 0 aliphatic carbocycles. The van der Waals surface area contributed by atoms with Crippen LogP contribution in [0.3, 0.4) is 0 Å². The van der Waals surface area contributed by atoms with E-state index in [0.717, 1.165) is 39.4 Å². The van der Waals surface area contributed by atoms with E-state index in [4.69, 9.17) is 14.8 Å². The molecule has 4 heterocycles. The summed E-state index contributed by atoms with van der Waals surface area (Å²) in [5.41, 5.74) is 10.4. The van der Waals surface area contributed by atoms with Crippen molar-refractivity contribution >= 4 is 32.7 Å². The van der Waals surface area contributed by atoms with Crippen LogP contribution in [0.15, 0.2) is 128 Å². The summed E-state index contributed by atoms with van der Waals surface area (Å²) in [5, 5.41) is 8.31. The normalized spacial score (nSPS) is 13.7. The molecule has 0 N–H and O–H groups in total. The fourth-order valence-electron chi connectivity index (χ4n) is 7.39. The SMILES string of the molecule is CC(C)(C)c1cc2c3c(c1)c1ccc(Oc4cccc(-n5ncc6cc(-c7ccccc7)ccc65)c4)cc1n3-c1ncccc1C2(C)C. The van der Waals surface area contributed by atoms with E-state index in [-0.39, 0.29) is 10.8 Å². The highest BCUT2D eigenvalue weighted by Gasteiger charge is 2.37. The van der Waals surface area contributed by atoms with Crippen LogP contribution in [0.4, 0.5) is 0 Å². The number of ether oxygens (including phenoxy) is 1. The first-order valence-corrected chi connectivity index (χ1v) is 16.6. The van der Waals surface area contributed by atoms with Gasteiger partial charge in [-0.25, -0.2) is 9.67 Å². The highest BCUT2D eigenvalue weighted by atomic mass is 16.5. The Hall–Kier alpha value is -5.68. The second-order valence-electron chi connectivity index (χ2n) is 14.5. The van der Waals surface area contributed by atoms with Crippen LogP contribution >= 0.6 is 0 Å². The van der Waals surface area contributed by atoms with Gasteiger partial charge in [0.25, 0.3) is 0 Å². The third-order valence-corrected chi connectivity index (χ3v) is 10.0. The molecule has 0 fully saturated rings. The van der Waals surface area contributed by atoms with Gasteiger partial charge in [0.15, 0.2) is 0 Å². The molecule has 9 rings (SSSR count). The summed E-state index contributed by atoms with van der Waals surface area (Å²) in [5.74, 6) is 2.51. The smallest absolute Gasteiger partial charge is 0.141 e. The molecule has 3 aromatic heterocycles. The Morgan fingerprint density at radius 3 is 2.33 bits per heavy atom. The van der Waals surface area contributed by atoms with E-state index >= 15 is 0 Å². The molecule has 0 radical (unpaired) electrons. The molecule has 0 spiro atoms. The molecular formula is C43H36N4O. The average molecular weight is 625 g/mol. The topological polar surface area (TPSA) is 44.9 Å². The highest BCUT2D eigenvalue weighted by Crippen LogP contribution is 2.49. The van der Waals surface area contributed by atoms with Crippen LogP contribution in [0.1, 0.15) is 51.3 Å². The lowest BCUT2D eigenvalue weighted by Gasteiger charge is -2.35. The predicted molar refractivity (Wildman–Crippen MR) is 196 cm³/mol. The largest absolute Gasteiger partial charge is 0.457 e. The van der Waals surface area contributed by atoms with Gasteiger partial charge < -0.3 is 4.74 Å². The molecule has 48 heavy (non-hydrogen) atoms. The number of fused-ring (bicyclic) bond motifs is 6. The Bertz CT molecular complexity index is 2550. The molecule has 5 aromatic carbocycles. The minimum absolute atomic E-state index is 0.0164. The highest BCUT2D eigenvalue weighted by molar-refractivity contribution is 6.12. The van der Waals surface area contributed by atoms with Crippen molar-refractivity contribution in [2.45, 2.75) is 45.4 Å². The van der Waals surface area contributed by atoms with Crippen molar-refractivity contribution in [3.8, 4) is 34.1 Å². The molecule has 234 valence electrons. The summed E-state index contributed by atoms with van der Waals surface area (Å²) in [6.45, 7) is 11.5. The van der Waals surface area contributed by atoms with E-state index in [1.54, 1.807) is 0 Å². The molecule has 1 aliphatic rings. The van der Waals surface area contributed by atoms with Gasteiger partial charge in [-0.3, -0.25) is 4.57 Å². The van der Waals surface area contributed by atoms with E-state index < -0.39 is 0 Å². The van der Waals surface area contributed by atoms with Crippen LogP contribution in [0, 0.1) is 0 Å². The molecular weight excluding hydrogens is 589 g/mol. The Kier molecular flexibility index (Phi) is 6.04. The van der Waals surface area contributed by atoms with E-state index in [9.17, 15) is 0 Å². The van der Waals surface area contributed by atoms with Crippen LogP contribution in [-0.4, -0.2) is 19.3 Å². The number of hydrogen-bond acceptors (Lipinski definition) is 3. The molecule has 1 aliphatic heterocycles.